The number of hydrogen-bond donors (Lipinski definition) is 1. The van der Waals surface area contributed by atoms with Gasteiger partial charge in [0.05, 0.1) is 11.5 Å². The van der Waals surface area contributed by atoms with Crippen LogP contribution in [0.15, 0.2) is 12.2 Å². The molecule has 268 valence electrons. The molecule has 0 aromatic rings. The number of rotatable bonds is 30. The zero-order valence-corrected chi connectivity index (χ0v) is 31.7. The summed E-state index contributed by atoms with van der Waals surface area (Å²) in [5.74, 6) is -0.0386. The second kappa shape index (κ2) is 32.6. The predicted octanol–water partition coefficient (Wildman–Crippen LogP) is 13.7. The van der Waals surface area contributed by atoms with Crippen LogP contribution in [-0.4, -0.2) is 23.1 Å². The van der Waals surface area contributed by atoms with Gasteiger partial charge in [-0.05, 0) is 64.2 Å². The predicted molar refractivity (Wildman–Crippen MR) is 197 cm³/mol. The summed E-state index contributed by atoms with van der Waals surface area (Å²) in [7, 11) is 0. The van der Waals surface area contributed by atoms with Gasteiger partial charge in [0.25, 0.3) is 0 Å². The van der Waals surface area contributed by atoms with Crippen molar-refractivity contribution in [2.45, 2.75) is 222 Å². The first-order chi connectivity index (χ1) is 21.6. The fourth-order valence-corrected chi connectivity index (χ4v) is 6.39. The molecular formula is C41H80O4. The quantitative estimate of drug-likeness (QED) is 0.0484. The zero-order valence-electron chi connectivity index (χ0n) is 31.7. The van der Waals surface area contributed by atoms with Crippen molar-refractivity contribution in [2.75, 3.05) is 0 Å². The third-order valence-corrected chi connectivity index (χ3v) is 9.38. The van der Waals surface area contributed by atoms with Gasteiger partial charge in [-0.25, -0.2) is 0 Å². The highest BCUT2D eigenvalue weighted by Crippen LogP contribution is 2.42. The largest absolute Gasteiger partial charge is 0.481 e. The number of ether oxygens (including phenoxy) is 1. The van der Waals surface area contributed by atoms with Crippen LogP contribution in [0.25, 0.3) is 0 Å². The van der Waals surface area contributed by atoms with Gasteiger partial charge in [0.15, 0.2) is 0 Å². The summed E-state index contributed by atoms with van der Waals surface area (Å²) >= 11 is 0. The van der Waals surface area contributed by atoms with Gasteiger partial charge in [0.2, 0.25) is 0 Å². The standard InChI is InChI=1S/C27H52O2.C14H28O2/c1-8-9-10-11-12-13-14-15-16-17-18-19-20-21-22-27(23(2)3,24(4)5)26(28)29-25(6)7;1-2-3-4-5-6-7-8-9-10-11-12-13-14(15)16/h15-16,23-25H,8-14,17-22H2,1-7H3;2-13H2,1H3,(H,15,16). The molecule has 0 radical (unpaired) electrons. The molecule has 0 aromatic heterocycles. The van der Waals surface area contributed by atoms with E-state index in [1.807, 2.05) is 13.8 Å². The maximum Gasteiger partial charge on any atom is 0.312 e. The smallest absolute Gasteiger partial charge is 0.312 e. The van der Waals surface area contributed by atoms with Gasteiger partial charge in [0.1, 0.15) is 0 Å². The highest BCUT2D eigenvalue weighted by Gasteiger charge is 2.45. The van der Waals surface area contributed by atoms with E-state index in [0.717, 1.165) is 25.7 Å². The molecular weight excluding hydrogens is 556 g/mol. The van der Waals surface area contributed by atoms with E-state index in [2.05, 4.69) is 53.7 Å². The van der Waals surface area contributed by atoms with Gasteiger partial charge >= 0.3 is 11.9 Å². The molecule has 0 amide bonds. The van der Waals surface area contributed by atoms with Crippen molar-refractivity contribution in [3.8, 4) is 0 Å². The molecule has 0 saturated heterocycles. The minimum Gasteiger partial charge on any atom is -0.481 e. The summed E-state index contributed by atoms with van der Waals surface area (Å²) in [5.41, 5.74) is -0.346. The first kappa shape index (κ1) is 45.8. The number of carboxylic acid groups (broad SMARTS) is 1. The molecule has 0 heterocycles. The van der Waals surface area contributed by atoms with E-state index >= 15 is 0 Å². The molecule has 0 aliphatic heterocycles. The van der Waals surface area contributed by atoms with E-state index in [1.54, 1.807) is 0 Å². The first-order valence-electron chi connectivity index (χ1n) is 19.6. The molecule has 0 unspecified atom stereocenters. The monoisotopic (exact) mass is 637 g/mol. The van der Waals surface area contributed by atoms with E-state index in [0.29, 0.717) is 18.3 Å². The summed E-state index contributed by atoms with van der Waals surface area (Å²) in [5, 5.41) is 8.46. The molecule has 0 aliphatic carbocycles. The highest BCUT2D eigenvalue weighted by atomic mass is 16.5. The Morgan fingerprint density at radius 1 is 0.556 bits per heavy atom. The molecule has 0 saturated carbocycles. The summed E-state index contributed by atoms with van der Waals surface area (Å²) in [6.07, 6.45) is 35.6. The van der Waals surface area contributed by atoms with Crippen molar-refractivity contribution in [3.05, 3.63) is 12.2 Å². The lowest BCUT2D eigenvalue weighted by Gasteiger charge is -2.39. The van der Waals surface area contributed by atoms with Crippen LogP contribution < -0.4 is 0 Å². The normalized spacial score (nSPS) is 11.9. The molecule has 0 aromatic carbocycles. The average Bonchev–Trinajstić information content (AvgIpc) is 2.97. The van der Waals surface area contributed by atoms with E-state index in [-0.39, 0.29) is 17.5 Å². The van der Waals surface area contributed by atoms with Crippen molar-refractivity contribution in [1.82, 2.24) is 0 Å². The van der Waals surface area contributed by atoms with E-state index < -0.39 is 5.97 Å². The molecule has 1 N–H and O–H groups in total. The lowest BCUT2D eigenvalue weighted by Crippen LogP contribution is -2.43. The topological polar surface area (TPSA) is 63.6 Å². The van der Waals surface area contributed by atoms with Crippen molar-refractivity contribution in [2.24, 2.45) is 17.3 Å². The number of hydrogen-bond acceptors (Lipinski definition) is 3. The third kappa shape index (κ3) is 27.5. The van der Waals surface area contributed by atoms with Gasteiger partial charge < -0.3 is 9.84 Å². The Bertz CT molecular complexity index is 671. The Labute approximate surface area is 282 Å². The molecule has 0 aliphatic rings. The molecule has 0 rings (SSSR count). The fourth-order valence-electron chi connectivity index (χ4n) is 6.39. The molecule has 45 heavy (non-hydrogen) atoms. The highest BCUT2D eigenvalue weighted by molar-refractivity contribution is 5.77. The second-order valence-corrected chi connectivity index (χ2v) is 14.5. The average molecular weight is 637 g/mol. The van der Waals surface area contributed by atoms with Gasteiger partial charge in [-0.3, -0.25) is 9.59 Å². The van der Waals surface area contributed by atoms with Gasteiger partial charge in [-0.2, -0.15) is 0 Å². The molecule has 0 fully saturated rings. The van der Waals surface area contributed by atoms with Crippen LogP contribution in [0.3, 0.4) is 0 Å². The number of carboxylic acids is 1. The van der Waals surface area contributed by atoms with Gasteiger partial charge in [-0.1, -0.05) is 169 Å². The van der Waals surface area contributed by atoms with Crippen LogP contribution in [0, 0.1) is 17.3 Å². The van der Waals surface area contributed by atoms with Gasteiger partial charge in [0, 0.05) is 6.42 Å². The molecule has 0 atom stereocenters. The van der Waals surface area contributed by atoms with Crippen molar-refractivity contribution in [3.63, 3.8) is 0 Å². The zero-order chi connectivity index (χ0) is 34.2. The number of unbranched alkanes of at least 4 members (excludes halogenated alkanes) is 20. The van der Waals surface area contributed by atoms with Crippen molar-refractivity contribution >= 4 is 11.9 Å². The molecule has 0 bridgehead atoms. The molecule has 4 heteroatoms. The minimum absolute atomic E-state index is 0.00938. The van der Waals surface area contributed by atoms with Crippen LogP contribution in [0.5, 0.6) is 0 Å². The van der Waals surface area contributed by atoms with Crippen LogP contribution in [0.2, 0.25) is 0 Å². The maximum atomic E-state index is 12.9. The molecule has 4 nitrogen and oxygen atoms in total. The minimum atomic E-state index is -0.657. The number of esters is 1. The summed E-state index contributed by atoms with van der Waals surface area (Å²) in [6, 6.07) is 0. The Hall–Kier alpha value is -1.32. The van der Waals surface area contributed by atoms with Crippen LogP contribution >= 0.6 is 0 Å². The SMILES string of the molecule is CCCCCCCCC=CCCCCCCC(C(=O)OC(C)C)(C(C)C)C(C)C.CCCCCCCCCCCCCC(=O)O. The maximum absolute atomic E-state index is 12.9. The van der Waals surface area contributed by atoms with Crippen LogP contribution in [-0.2, 0) is 14.3 Å². The van der Waals surface area contributed by atoms with Crippen molar-refractivity contribution < 1.29 is 19.4 Å². The van der Waals surface area contributed by atoms with Crippen molar-refractivity contribution in [1.29, 1.82) is 0 Å². The first-order valence-corrected chi connectivity index (χ1v) is 19.6. The third-order valence-electron chi connectivity index (χ3n) is 9.38. The van der Waals surface area contributed by atoms with Gasteiger partial charge in [-0.15, -0.1) is 0 Å². The lowest BCUT2D eigenvalue weighted by molar-refractivity contribution is -0.167. The van der Waals surface area contributed by atoms with E-state index in [9.17, 15) is 9.59 Å². The summed E-state index contributed by atoms with van der Waals surface area (Å²) in [4.78, 5) is 23.2. The summed E-state index contributed by atoms with van der Waals surface area (Å²) in [6.45, 7) is 17.1. The fraction of sp³-hybridized carbons (Fsp3) is 0.902. The number of aliphatic carboxylic acids is 1. The van der Waals surface area contributed by atoms with Crippen LogP contribution in [0.4, 0.5) is 0 Å². The number of carbonyl (C=O) groups excluding carboxylic acids is 1. The van der Waals surface area contributed by atoms with E-state index in [1.165, 1.54) is 128 Å². The van der Waals surface area contributed by atoms with Crippen LogP contribution in [0.1, 0.15) is 216 Å². The second-order valence-electron chi connectivity index (χ2n) is 14.5. The Kier molecular flexibility index (Phi) is 33.2. The lowest BCUT2D eigenvalue weighted by atomic mass is 9.66. The Balaban J connectivity index is 0. The molecule has 0 spiro atoms. The number of carbonyl (C=O) groups is 2. The summed E-state index contributed by atoms with van der Waals surface area (Å²) < 4.78 is 5.66. The van der Waals surface area contributed by atoms with E-state index in [4.69, 9.17) is 9.84 Å². The Morgan fingerprint density at radius 2 is 0.911 bits per heavy atom. The number of allylic oxidation sites excluding steroid dienone is 2. The Morgan fingerprint density at radius 3 is 1.27 bits per heavy atom.